The van der Waals surface area contributed by atoms with Crippen LogP contribution in [0.3, 0.4) is 0 Å². The van der Waals surface area contributed by atoms with Gasteiger partial charge in [-0.15, -0.1) is 0 Å². The lowest BCUT2D eigenvalue weighted by Crippen LogP contribution is -2.41. The maximum atomic E-state index is 3.65. The van der Waals surface area contributed by atoms with E-state index in [-0.39, 0.29) is 0 Å². The first-order valence-electron chi connectivity index (χ1n) is 6.90. The third kappa shape index (κ3) is 4.84. The van der Waals surface area contributed by atoms with Crippen LogP contribution in [0.4, 0.5) is 0 Å². The van der Waals surface area contributed by atoms with Gasteiger partial charge < -0.3 is 5.32 Å². The molecule has 1 rings (SSSR count). The van der Waals surface area contributed by atoms with Gasteiger partial charge in [-0.1, -0.05) is 27.7 Å². The fraction of sp³-hybridized carbons (Fsp3) is 1.00. The summed E-state index contributed by atoms with van der Waals surface area (Å²) < 4.78 is 0. The predicted octanol–water partition coefficient (Wildman–Crippen LogP) is 2.89. The molecule has 0 aromatic rings. The van der Waals surface area contributed by atoms with Gasteiger partial charge >= 0.3 is 0 Å². The molecule has 0 aromatic carbocycles. The molecule has 1 heterocycles. The summed E-state index contributed by atoms with van der Waals surface area (Å²) in [6, 6.07) is 1.44. The number of nitrogens with zero attached hydrogens (tertiary/aromatic N) is 1. The maximum absolute atomic E-state index is 3.65. The van der Waals surface area contributed by atoms with Crippen LogP contribution in [0.25, 0.3) is 0 Å². The van der Waals surface area contributed by atoms with Crippen LogP contribution in [0.1, 0.15) is 53.9 Å². The summed E-state index contributed by atoms with van der Waals surface area (Å²) in [4.78, 5) is 2.68. The zero-order valence-electron chi connectivity index (χ0n) is 11.8. The molecule has 2 atom stereocenters. The summed E-state index contributed by atoms with van der Waals surface area (Å²) in [5, 5.41) is 3.65. The molecule has 0 saturated carbocycles. The van der Waals surface area contributed by atoms with E-state index < -0.39 is 0 Å². The van der Waals surface area contributed by atoms with Crippen LogP contribution < -0.4 is 5.32 Å². The fourth-order valence-electron chi connectivity index (χ4n) is 2.27. The molecular formula is C14H30N2. The molecule has 0 amide bonds. The van der Waals surface area contributed by atoms with Gasteiger partial charge in [0.25, 0.3) is 0 Å². The Kier molecular flexibility index (Phi) is 5.26. The molecule has 0 bridgehead atoms. The molecule has 0 spiro atoms. The van der Waals surface area contributed by atoms with Gasteiger partial charge in [-0.2, -0.15) is 0 Å². The molecule has 96 valence electrons. The Morgan fingerprint density at radius 1 is 1.31 bits per heavy atom. The third-order valence-electron chi connectivity index (χ3n) is 3.72. The van der Waals surface area contributed by atoms with Gasteiger partial charge in [-0.05, 0) is 44.7 Å². The quantitative estimate of drug-likeness (QED) is 0.796. The van der Waals surface area contributed by atoms with E-state index in [0.29, 0.717) is 11.5 Å². The Morgan fingerprint density at radius 3 is 2.56 bits per heavy atom. The van der Waals surface area contributed by atoms with Gasteiger partial charge in [-0.3, -0.25) is 4.90 Å². The summed E-state index contributed by atoms with van der Waals surface area (Å²) in [5.74, 6) is 0. The smallest absolute Gasteiger partial charge is 0.0192 e. The summed E-state index contributed by atoms with van der Waals surface area (Å²) in [7, 11) is 0. The highest BCUT2D eigenvalue weighted by Gasteiger charge is 2.23. The molecular weight excluding hydrogens is 196 g/mol. The second-order valence-corrected chi connectivity index (χ2v) is 6.50. The van der Waals surface area contributed by atoms with Crippen molar-refractivity contribution in [2.45, 2.75) is 66.0 Å². The molecule has 2 nitrogen and oxygen atoms in total. The molecule has 0 radical (unpaired) electrons. The first kappa shape index (κ1) is 14.0. The van der Waals surface area contributed by atoms with Gasteiger partial charge in [0, 0.05) is 18.6 Å². The topological polar surface area (TPSA) is 15.3 Å². The number of rotatable bonds is 3. The highest BCUT2D eigenvalue weighted by molar-refractivity contribution is 4.81. The van der Waals surface area contributed by atoms with E-state index in [9.17, 15) is 0 Å². The van der Waals surface area contributed by atoms with Crippen LogP contribution in [0.5, 0.6) is 0 Å². The van der Waals surface area contributed by atoms with Gasteiger partial charge in [0.05, 0.1) is 0 Å². The minimum Gasteiger partial charge on any atom is -0.313 e. The molecule has 0 aliphatic carbocycles. The Bertz CT molecular complexity index is 195. The monoisotopic (exact) mass is 226 g/mol. The summed E-state index contributed by atoms with van der Waals surface area (Å²) in [6.45, 7) is 15.3. The van der Waals surface area contributed by atoms with Crippen LogP contribution in [0, 0.1) is 5.41 Å². The maximum Gasteiger partial charge on any atom is 0.0192 e. The highest BCUT2D eigenvalue weighted by atomic mass is 15.2. The average molecular weight is 226 g/mol. The average Bonchev–Trinajstić information content (AvgIpc) is 2.36. The standard InChI is InChI=1S/C14H30N2/c1-6-13-11-16(10-8-14(3,4)5)12(2)7-9-15-13/h12-13,15H,6-11H2,1-5H3. The highest BCUT2D eigenvalue weighted by Crippen LogP contribution is 2.21. The number of hydrogen-bond donors (Lipinski definition) is 1. The van der Waals surface area contributed by atoms with Crippen molar-refractivity contribution in [3.63, 3.8) is 0 Å². The van der Waals surface area contributed by atoms with E-state index in [1.807, 2.05) is 0 Å². The largest absolute Gasteiger partial charge is 0.313 e. The van der Waals surface area contributed by atoms with Crippen molar-refractivity contribution in [2.75, 3.05) is 19.6 Å². The van der Waals surface area contributed by atoms with E-state index in [0.717, 1.165) is 6.04 Å². The first-order chi connectivity index (χ1) is 7.42. The van der Waals surface area contributed by atoms with Crippen molar-refractivity contribution in [1.29, 1.82) is 0 Å². The van der Waals surface area contributed by atoms with Crippen molar-refractivity contribution >= 4 is 0 Å². The normalized spacial score (nSPS) is 29.1. The summed E-state index contributed by atoms with van der Waals surface area (Å²) in [5.41, 5.74) is 0.459. The second-order valence-electron chi connectivity index (χ2n) is 6.50. The predicted molar refractivity (Wildman–Crippen MR) is 71.8 cm³/mol. The van der Waals surface area contributed by atoms with E-state index >= 15 is 0 Å². The third-order valence-corrected chi connectivity index (χ3v) is 3.72. The molecule has 1 fully saturated rings. The van der Waals surface area contributed by atoms with Crippen LogP contribution in [0.15, 0.2) is 0 Å². The molecule has 0 aromatic heterocycles. The lowest BCUT2D eigenvalue weighted by Gasteiger charge is -2.31. The van der Waals surface area contributed by atoms with Crippen LogP contribution in [0.2, 0.25) is 0 Å². The minimum absolute atomic E-state index is 0.459. The Labute approximate surface area is 102 Å². The van der Waals surface area contributed by atoms with Crippen LogP contribution in [-0.2, 0) is 0 Å². The molecule has 1 aliphatic rings. The first-order valence-corrected chi connectivity index (χ1v) is 6.90. The lowest BCUT2D eigenvalue weighted by molar-refractivity contribution is 0.175. The summed E-state index contributed by atoms with van der Waals surface area (Å²) in [6.07, 6.45) is 3.84. The zero-order chi connectivity index (χ0) is 12.2. The van der Waals surface area contributed by atoms with Crippen LogP contribution >= 0.6 is 0 Å². The molecule has 2 unspecified atom stereocenters. The van der Waals surface area contributed by atoms with E-state index in [1.165, 1.54) is 38.9 Å². The zero-order valence-corrected chi connectivity index (χ0v) is 11.8. The molecule has 1 N–H and O–H groups in total. The molecule has 16 heavy (non-hydrogen) atoms. The van der Waals surface area contributed by atoms with Crippen molar-refractivity contribution < 1.29 is 0 Å². The van der Waals surface area contributed by atoms with Gasteiger partial charge in [0.2, 0.25) is 0 Å². The number of nitrogens with one attached hydrogen (secondary N) is 1. The lowest BCUT2D eigenvalue weighted by atomic mass is 9.92. The fourth-order valence-corrected chi connectivity index (χ4v) is 2.27. The summed E-state index contributed by atoms with van der Waals surface area (Å²) >= 11 is 0. The van der Waals surface area contributed by atoms with Crippen molar-refractivity contribution in [2.24, 2.45) is 5.41 Å². The SMILES string of the molecule is CCC1CN(CCC(C)(C)C)C(C)CCN1. The van der Waals surface area contributed by atoms with Gasteiger partial charge in [-0.25, -0.2) is 0 Å². The second kappa shape index (κ2) is 6.02. The van der Waals surface area contributed by atoms with E-state index in [1.54, 1.807) is 0 Å². The van der Waals surface area contributed by atoms with Crippen LogP contribution in [-0.4, -0.2) is 36.6 Å². The van der Waals surface area contributed by atoms with Gasteiger partial charge in [0.1, 0.15) is 0 Å². The van der Waals surface area contributed by atoms with E-state index in [2.05, 4.69) is 44.8 Å². The Balaban J connectivity index is 2.47. The van der Waals surface area contributed by atoms with Crippen molar-refractivity contribution in [3.8, 4) is 0 Å². The molecule has 2 heteroatoms. The Morgan fingerprint density at radius 2 is 2.00 bits per heavy atom. The van der Waals surface area contributed by atoms with Crippen molar-refractivity contribution in [1.82, 2.24) is 10.2 Å². The molecule has 1 aliphatic heterocycles. The Hall–Kier alpha value is -0.0800. The van der Waals surface area contributed by atoms with Crippen molar-refractivity contribution in [3.05, 3.63) is 0 Å². The van der Waals surface area contributed by atoms with Gasteiger partial charge in [0.15, 0.2) is 0 Å². The van der Waals surface area contributed by atoms with E-state index in [4.69, 9.17) is 0 Å². The minimum atomic E-state index is 0.459. The molecule has 1 saturated heterocycles. The number of hydrogen-bond acceptors (Lipinski definition) is 2.